The SMILES string of the molecule is CCC(=O)N1CC(N2CCC(c3nn(C(O)O)c4ccc(-c5nc6cc(C)c([C@H](OC(C)(C)C)C(=O)O)c(-c7ccc(Cl)cc7)c6s5)cc34)CC2)C1. The third-order valence-corrected chi connectivity index (χ3v) is 11.6. The van der Waals surface area contributed by atoms with Gasteiger partial charge in [-0.15, -0.1) is 11.3 Å². The molecule has 52 heavy (non-hydrogen) atoms. The Bertz CT molecular complexity index is 2140. The summed E-state index contributed by atoms with van der Waals surface area (Å²) in [7, 11) is 0. The van der Waals surface area contributed by atoms with Crippen LogP contribution in [-0.4, -0.2) is 89.6 Å². The predicted octanol–water partition coefficient (Wildman–Crippen LogP) is 7.12. The number of hydrogen-bond acceptors (Lipinski definition) is 9. The summed E-state index contributed by atoms with van der Waals surface area (Å²) >= 11 is 7.75. The Labute approximate surface area is 311 Å². The second-order valence-corrected chi connectivity index (χ2v) is 16.3. The van der Waals surface area contributed by atoms with Crippen molar-refractivity contribution in [2.75, 3.05) is 26.2 Å². The molecular weight excluding hydrogens is 702 g/mol. The van der Waals surface area contributed by atoms with Gasteiger partial charge in [0.15, 0.2) is 6.10 Å². The monoisotopic (exact) mass is 745 g/mol. The van der Waals surface area contributed by atoms with Crippen LogP contribution < -0.4 is 0 Å². The molecule has 4 heterocycles. The van der Waals surface area contributed by atoms with Gasteiger partial charge in [0.25, 0.3) is 6.41 Å². The fourth-order valence-corrected chi connectivity index (χ4v) is 8.84. The first-order valence-electron chi connectivity index (χ1n) is 17.7. The number of carbonyl (C=O) groups excluding carboxylic acids is 1. The molecule has 3 N–H and O–H groups in total. The van der Waals surface area contributed by atoms with E-state index in [0.29, 0.717) is 28.6 Å². The summed E-state index contributed by atoms with van der Waals surface area (Å²) < 4.78 is 8.25. The van der Waals surface area contributed by atoms with Crippen LogP contribution in [0.4, 0.5) is 0 Å². The van der Waals surface area contributed by atoms with Crippen molar-refractivity contribution in [3.8, 4) is 21.7 Å². The maximum atomic E-state index is 12.8. The minimum atomic E-state index is -1.79. The quantitative estimate of drug-likeness (QED) is 0.135. The fraction of sp³-hybridized carbons (Fsp3) is 0.436. The number of aliphatic hydroxyl groups is 2. The summed E-state index contributed by atoms with van der Waals surface area (Å²) in [6, 6.07) is 15.4. The van der Waals surface area contributed by atoms with Crippen molar-refractivity contribution < 1.29 is 29.6 Å². The van der Waals surface area contributed by atoms with Crippen molar-refractivity contribution in [2.45, 2.75) is 84.0 Å². The van der Waals surface area contributed by atoms with Gasteiger partial charge in [-0.1, -0.05) is 30.7 Å². The summed E-state index contributed by atoms with van der Waals surface area (Å²) in [6.07, 6.45) is -0.746. The molecule has 0 spiro atoms. The molecule has 3 aromatic carbocycles. The van der Waals surface area contributed by atoms with Crippen LogP contribution in [0.2, 0.25) is 5.02 Å². The third-order valence-electron chi connectivity index (χ3n) is 10.2. The van der Waals surface area contributed by atoms with Crippen molar-refractivity contribution in [3.05, 3.63) is 70.4 Å². The lowest BCUT2D eigenvalue weighted by molar-refractivity contribution is -0.160. The van der Waals surface area contributed by atoms with Gasteiger partial charge in [0.05, 0.1) is 27.0 Å². The van der Waals surface area contributed by atoms with E-state index in [0.717, 1.165) is 87.6 Å². The zero-order valence-electron chi connectivity index (χ0n) is 30.0. The topological polar surface area (TPSA) is 141 Å². The van der Waals surface area contributed by atoms with E-state index in [9.17, 15) is 24.9 Å². The van der Waals surface area contributed by atoms with Crippen LogP contribution in [0.3, 0.4) is 0 Å². The number of amides is 1. The number of carboxylic acids is 1. The van der Waals surface area contributed by atoms with Gasteiger partial charge in [-0.05, 0) is 101 Å². The molecule has 13 heteroatoms. The molecule has 2 saturated heterocycles. The number of aliphatic carboxylic acids is 1. The van der Waals surface area contributed by atoms with Gasteiger partial charge in [-0.25, -0.2) is 14.5 Å². The second-order valence-electron chi connectivity index (χ2n) is 14.8. The number of aromatic nitrogens is 3. The Morgan fingerprint density at radius 2 is 1.71 bits per heavy atom. The van der Waals surface area contributed by atoms with Crippen LogP contribution >= 0.6 is 22.9 Å². The zero-order chi connectivity index (χ0) is 37.1. The standard InChI is InChI=1S/C39H44ClN5O6S/c1-6-30(46)44-19-26(20-44)43-15-13-23(14-16-43)33-27-18-24(9-12-29(27)45(42-33)38(49)50)36-41-28-17-21(2)31(34(37(47)48)51-39(3,4)5)32(35(28)52-36)22-7-10-25(40)11-8-22/h7-12,17-18,23,26,34,38,49-50H,6,13-16,19-20H2,1-5H3,(H,47,48)/t34-/m0/s1. The van der Waals surface area contributed by atoms with Crippen molar-refractivity contribution in [2.24, 2.45) is 0 Å². The van der Waals surface area contributed by atoms with Crippen LogP contribution in [0, 0.1) is 6.92 Å². The molecule has 1 amide bonds. The molecule has 1 atom stereocenters. The Morgan fingerprint density at radius 1 is 1.04 bits per heavy atom. The van der Waals surface area contributed by atoms with Gasteiger partial charge < -0.3 is 25.0 Å². The van der Waals surface area contributed by atoms with Gasteiger partial charge >= 0.3 is 5.97 Å². The molecule has 11 nitrogen and oxygen atoms in total. The number of likely N-dealkylation sites (tertiary alicyclic amines) is 2. The number of aliphatic hydroxyl groups excluding tert-OH is 1. The van der Waals surface area contributed by atoms with Gasteiger partial charge in [0.2, 0.25) is 5.91 Å². The highest BCUT2D eigenvalue weighted by atomic mass is 35.5. The average Bonchev–Trinajstić information content (AvgIpc) is 3.68. The van der Waals surface area contributed by atoms with E-state index in [2.05, 4.69) is 4.90 Å². The molecule has 7 rings (SSSR count). The van der Waals surface area contributed by atoms with E-state index < -0.39 is 24.1 Å². The van der Waals surface area contributed by atoms with Crippen molar-refractivity contribution >= 4 is 55.9 Å². The maximum absolute atomic E-state index is 12.8. The number of halogens is 1. The molecule has 2 fully saturated rings. The first-order chi connectivity index (χ1) is 24.7. The first-order valence-corrected chi connectivity index (χ1v) is 18.9. The normalized spacial score (nSPS) is 17.0. The Morgan fingerprint density at radius 3 is 2.33 bits per heavy atom. The number of aryl methyl sites for hydroxylation is 1. The number of carboxylic acid groups (broad SMARTS) is 1. The van der Waals surface area contributed by atoms with Crippen LogP contribution in [-0.2, 0) is 14.3 Å². The molecule has 5 aromatic rings. The van der Waals surface area contributed by atoms with Crippen molar-refractivity contribution in [1.29, 1.82) is 0 Å². The number of piperidine rings is 1. The minimum Gasteiger partial charge on any atom is -0.479 e. The molecule has 0 bridgehead atoms. The number of thiazole rings is 1. The van der Waals surface area contributed by atoms with Crippen LogP contribution in [0.25, 0.3) is 42.8 Å². The highest BCUT2D eigenvalue weighted by Crippen LogP contribution is 2.45. The molecule has 2 aliphatic rings. The molecule has 0 aliphatic carbocycles. The summed E-state index contributed by atoms with van der Waals surface area (Å²) in [6.45, 7) is 12.6. The summed E-state index contributed by atoms with van der Waals surface area (Å²) in [5.74, 6) is -0.758. The highest BCUT2D eigenvalue weighted by molar-refractivity contribution is 7.22. The van der Waals surface area contributed by atoms with E-state index >= 15 is 0 Å². The molecule has 2 aliphatic heterocycles. The number of hydrogen-bond donors (Lipinski definition) is 3. The Kier molecular flexibility index (Phi) is 9.92. The number of fused-ring (bicyclic) bond motifs is 2. The zero-order valence-corrected chi connectivity index (χ0v) is 31.5. The van der Waals surface area contributed by atoms with Crippen molar-refractivity contribution in [1.82, 2.24) is 24.6 Å². The molecule has 0 unspecified atom stereocenters. The number of nitrogens with zero attached hydrogens (tertiary/aromatic N) is 5. The van der Waals surface area contributed by atoms with Gasteiger partial charge in [0.1, 0.15) is 5.01 Å². The van der Waals surface area contributed by atoms with Gasteiger partial charge in [0, 0.05) is 58.6 Å². The smallest absolute Gasteiger partial charge is 0.337 e. The van der Waals surface area contributed by atoms with Gasteiger partial charge in [-0.3, -0.25) is 9.69 Å². The van der Waals surface area contributed by atoms with E-state index in [-0.39, 0.29) is 11.8 Å². The highest BCUT2D eigenvalue weighted by Gasteiger charge is 2.37. The summed E-state index contributed by atoms with van der Waals surface area (Å²) in [4.78, 5) is 34.3. The predicted molar refractivity (Wildman–Crippen MR) is 202 cm³/mol. The van der Waals surface area contributed by atoms with E-state index in [4.69, 9.17) is 26.4 Å². The number of carbonyl (C=O) groups is 2. The lowest BCUT2D eigenvalue weighted by atomic mass is 9.89. The summed E-state index contributed by atoms with van der Waals surface area (Å²) in [5, 5.41) is 37.9. The van der Waals surface area contributed by atoms with E-state index in [1.807, 2.05) is 75.9 Å². The van der Waals surface area contributed by atoms with E-state index in [1.54, 1.807) is 12.1 Å². The molecular formula is C39H44ClN5O6S. The largest absolute Gasteiger partial charge is 0.479 e. The number of rotatable bonds is 9. The molecule has 2 aromatic heterocycles. The Balaban J connectivity index is 1.28. The maximum Gasteiger partial charge on any atom is 0.337 e. The molecule has 0 saturated carbocycles. The number of benzene rings is 3. The number of ether oxygens (including phenoxy) is 1. The molecule has 0 radical (unpaired) electrons. The lowest BCUT2D eigenvalue weighted by Gasteiger charge is -2.47. The van der Waals surface area contributed by atoms with Crippen molar-refractivity contribution in [3.63, 3.8) is 0 Å². The Hall–Kier alpha value is -3.91. The van der Waals surface area contributed by atoms with E-state index in [1.165, 1.54) is 16.0 Å². The van der Waals surface area contributed by atoms with Crippen LogP contribution in [0.15, 0.2) is 48.5 Å². The minimum absolute atomic E-state index is 0.121. The second kappa shape index (κ2) is 14.1. The lowest BCUT2D eigenvalue weighted by Crippen LogP contribution is -2.62. The third kappa shape index (κ3) is 6.95. The fourth-order valence-electron chi connectivity index (χ4n) is 7.59. The average molecular weight is 746 g/mol. The summed E-state index contributed by atoms with van der Waals surface area (Å²) in [5.41, 5.74) is 5.17. The van der Waals surface area contributed by atoms with Crippen LogP contribution in [0.5, 0.6) is 0 Å². The van der Waals surface area contributed by atoms with Crippen LogP contribution in [0.1, 0.15) is 82.2 Å². The molecule has 274 valence electrons. The van der Waals surface area contributed by atoms with Gasteiger partial charge in [-0.2, -0.15) is 5.10 Å². The first kappa shape index (κ1) is 36.4.